The van der Waals surface area contributed by atoms with Crippen LogP contribution in [0, 0.1) is 0 Å². The van der Waals surface area contributed by atoms with Crippen LogP contribution in [0.1, 0.15) is 17.3 Å². The molecule has 0 saturated heterocycles. The fourth-order valence-electron chi connectivity index (χ4n) is 1.43. The van der Waals surface area contributed by atoms with E-state index in [1.165, 1.54) is 0 Å². The Morgan fingerprint density at radius 2 is 2.28 bits per heavy atom. The number of benzene rings is 1. The number of aliphatic hydroxyl groups is 2. The summed E-state index contributed by atoms with van der Waals surface area (Å²) in [4.78, 5) is 11.9. The van der Waals surface area contributed by atoms with Crippen molar-refractivity contribution in [2.24, 2.45) is 0 Å². The molecule has 1 aromatic rings. The summed E-state index contributed by atoms with van der Waals surface area (Å²) in [6.45, 7) is 1.77. The Labute approximate surface area is 105 Å². The number of hydrogen-bond donors (Lipinski definition) is 4. The number of hydrogen-bond acceptors (Lipinski definition) is 5. The van der Waals surface area contributed by atoms with E-state index in [1.807, 2.05) is 0 Å². The van der Waals surface area contributed by atoms with Crippen molar-refractivity contribution >= 4 is 11.6 Å². The van der Waals surface area contributed by atoms with Crippen LogP contribution in [0.5, 0.6) is 5.75 Å². The Morgan fingerprint density at radius 1 is 1.56 bits per heavy atom. The third-order valence-corrected chi connectivity index (χ3v) is 2.29. The Hall–Kier alpha value is -1.79. The highest BCUT2D eigenvalue weighted by Gasteiger charge is 2.16. The summed E-state index contributed by atoms with van der Waals surface area (Å²) in [6, 6.07) is 4.94. The highest BCUT2D eigenvalue weighted by molar-refractivity contribution is 6.01. The predicted molar refractivity (Wildman–Crippen MR) is 67.4 cm³/mol. The second-order valence-electron chi connectivity index (χ2n) is 3.70. The largest absolute Gasteiger partial charge is 0.493 e. The maximum Gasteiger partial charge on any atom is 0.257 e. The average molecular weight is 254 g/mol. The van der Waals surface area contributed by atoms with Gasteiger partial charge in [-0.3, -0.25) is 4.79 Å². The summed E-state index contributed by atoms with van der Waals surface area (Å²) in [5, 5.41) is 20.3. The first kappa shape index (κ1) is 14.3. The zero-order valence-corrected chi connectivity index (χ0v) is 10.2. The molecule has 1 atom stereocenters. The number of rotatable bonds is 6. The molecule has 100 valence electrons. The molecule has 0 spiro atoms. The van der Waals surface area contributed by atoms with Crippen LogP contribution in [0.15, 0.2) is 18.2 Å². The molecule has 18 heavy (non-hydrogen) atoms. The minimum atomic E-state index is -0.991. The molecule has 0 aliphatic heterocycles. The summed E-state index contributed by atoms with van der Waals surface area (Å²) >= 11 is 0. The molecule has 5 N–H and O–H groups in total. The van der Waals surface area contributed by atoms with Gasteiger partial charge in [0.15, 0.2) is 0 Å². The van der Waals surface area contributed by atoms with E-state index in [0.29, 0.717) is 18.0 Å². The van der Waals surface area contributed by atoms with Gasteiger partial charge in [0.25, 0.3) is 5.91 Å². The molecule has 1 rings (SSSR count). The Balaban J connectivity index is 2.83. The third kappa shape index (κ3) is 3.61. The number of nitrogens with one attached hydrogen (secondary N) is 1. The first-order valence-corrected chi connectivity index (χ1v) is 5.68. The van der Waals surface area contributed by atoms with Crippen LogP contribution in [0.25, 0.3) is 0 Å². The van der Waals surface area contributed by atoms with E-state index in [4.69, 9.17) is 20.7 Å². The zero-order chi connectivity index (χ0) is 13.5. The lowest BCUT2D eigenvalue weighted by molar-refractivity contribution is 0.0800. The molecular formula is C12H18N2O4. The van der Waals surface area contributed by atoms with Crippen molar-refractivity contribution in [3.63, 3.8) is 0 Å². The molecule has 0 heterocycles. The monoisotopic (exact) mass is 254 g/mol. The Morgan fingerprint density at radius 3 is 2.89 bits per heavy atom. The predicted octanol–water partition coefficient (Wildman–Crippen LogP) is -0.249. The lowest BCUT2D eigenvalue weighted by Gasteiger charge is -2.14. The lowest BCUT2D eigenvalue weighted by atomic mass is 10.1. The number of nitrogens with two attached hydrogens (primary N) is 1. The molecule has 0 saturated carbocycles. The number of anilines is 1. The molecule has 1 amide bonds. The van der Waals surface area contributed by atoms with Crippen molar-refractivity contribution in [1.29, 1.82) is 0 Å². The van der Waals surface area contributed by atoms with Crippen LogP contribution < -0.4 is 15.8 Å². The van der Waals surface area contributed by atoms with E-state index < -0.39 is 18.6 Å². The van der Waals surface area contributed by atoms with Crippen LogP contribution >= 0.6 is 0 Å². The van der Waals surface area contributed by atoms with E-state index in [0.717, 1.165) is 0 Å². The fourth-order valence-corrected chi connectivity index (χ4v) is 1.43. The molecule has 1 aromatic carbocycles. The van der Waals surface area contributed by atoms with Gasteiger partial charge in [-0.05, 0) is 19.1 Å². The third-order valence-electron chi connectivity index (χ3n) is 2.29. The smallest absolute Gasteiger partial charge is 0.257 e. The lowest BCUT2D eigenvalue weighted by Crippen LogP contribution is -2.34. The van der Waals surface area contributed by atoms with E-state index in [1.54, 1.807) is 25.1 Å². The van der Waals surface area contributed by atoms with Gasteiger partial charge in [0, 0.05) is 12.2 Å². The summed E-state index contributed by atoms with van der Waals surface area (Å²) < 4.78 is 5.32. The van der Waals surface area contributed by atoms with Gasteiger partial charge in [-0.15, -0.1) is 0 Å². The number of amides is 1. The zero-order valence-electron chi connectivity index (χ0n) is 10.2. The molecule has 6 heteroatoms. The van der Waals surface area contributed by atoms with Crippen LogP contribution in [-0.2, 0) is 0 Å². The Kier molecular flexibility index (Phi) is 5.41. The standard InChI is InChI=1S/C12H18N2O4/c1-2-18-10-5-3-4-9(13)11(10)12(17)14-6-8(16)7-15/h3-5,8,15-16H,2,6-7,13H2,1H3,(H,14,17). The van der Waals surface area contributed by atoms with Gasteiger partial charge in [0.2, 0.25) is 0 Å². The van der Waals surface area contributed by atoms with Crippen molar-refractivity contribution in [3.05, 3.63) is 23.8 Å². The van der Waals surface area contributed by atoms with Crippen LogP contribution in [0.4, 0.5) is 5.69 Å². The minimum absolute atomic E-state index is 0.0464. The normalized spacial score (nSPS) is 11.9. The van der Waals surface area contributed by atoms with E-state index in [9.17, 15) is 4.79 Å². The van der Waals surface area contributed by atoms with Crippen molar-refractivity contribution in [1.82, 2.24) is 5.32 Å². The van der Waals surface area contributed by atoms with Crippen molar-refractivity contribution < 1.29 is 19.7 Å². The summed E-state index contributed by atoms with van der Waals surface area (Å²) in [7, 11) is 0. The maximum atomic E-state index is 11.9. The molecule has 0 bridgehead atoms. The molecule has 0 aliphatic carbocycles. The number of nitrogen functional groups attached to an aromatic ring is 1. The minimum Gasteiger partial charge on any atom is -0.493 e. The number of ether oxygens (including phenoxy) is 1. The fraction of sp³-hybridized carbons (Fsp3) is 0.417. The first-order valence-electron chi connectivity index (χ1n) is 5.68. The topological polar surface area (TPSA) is 105 Å². The summed E-state index contributed by atoms with van der Waals surface area (Å²) in [6.07, 6.45) is -0.991. The molecular weight excluding hydrogens is 236 g/mol. The van der Waals surface area contributed by atoms with E-state index >= 15 is 0 Å². The number of aliphatic hydroxyl groups excluding tert-OH is 2. The van der Waals surface area contributed by atoms with Crippen LogP contribution in [0.3, 0.4) is 0 Å². The molecule has 0 radical (unpaired) electrons. The van der Waals surface area contributed by atoms with Crippen molar-refractivity contribution in [3.8, 4) is 5.75 Å². The van der Waals surface area contributed by atoms with Crippen molar-refractivity contribution in [2.45, 2.75) is 13.0 Å². The summed E-state index contributed by atoms with van der Waals surface area (Å²) in [5.74, 6) is -0.0439. The van der Waals surface area contributed by atoms with Gasteiger partial charge in [-0.2, -0.15) is 0 Å². The molecule has 0 aromatic heterocycles. The van der Waals surface area contributed by atoms with E-state index in [2.05, 4.69) is 5.32 Å². The Bertz CT molecular complexity index is 409. The van der Waals surface area contributed by atoms with Gasteiger partial charge in [-0.1, -0.05) is 6.07 Å². The highest BCUT2D eigenvalue weighted by Crippen LogP contribution is 2.24. The first-order chi connectivity index (χ1) is 8.60. The average Bonchev–Trinajstić information content (AvgIpc) is 2.36. The quantitative estimate of drug-likeness (QED) is 0.524. The maximum absolute atomic E-state index is 11.9. The SMILES string of the molecule is CCOc1cccc(N)c1C(=O)NCC(O)CO. The van der Waals surface area contributed by atoms with E-state index in [-0.39, 0.29) is 12.1 Å². The van der Waals surface area contributed by atoms with Gasteiger partial charge < -0.3 is 26.0 Å². The molecule has 1 unspecified atom stereocenters. The molecule has 0 fully saturated rings. The second kappa shape index (κ2) is 6.83. The van der Waals surface area contributed by atoms with Gasteiger partial charge in [-0.25, -0.2) is 0 Å². The second-order valence-corrected chi connectivity index (χ2v) is 3.70. The number of carbonyl (C=O) groups is 1. The van der Waals surface area contributed by atoms with Crippen LogP contribution in [-0.4, -0.2) is 42.0 Å². The van der Waals surface area contributed by atoms with Gasteiger partial charge in [0.05, 0.1) is 19.3 Å². The van der Waals surface area contributed by atoms with Gasteiger partial charge >= 0.3 is 0 Å². The molecule has 6 nitrogen and oxygen atoms in total. The van der Waals surface area contributed by atoms with Crippen molar-refractivity contribution in [2.75, 3.05) is 25.5 Å². The van der Waals surface area contributed by atoms with Crippen LogP contribution in [0.2, 0.25) is 0 Å². The number of carbonyl (C=O) groups excluding carboxylic acids is 1. The van der Waals surface area contributed by atoms with Gasteiger partial charge in [0.1, 0.15) is 11.3 Å². The summed E-state index contributed by atoms with van der Waals surface area (Å²) in [5.41, 5.74) is 6.28. The highest BCUT2D eigenvalue weighted by atomic mass is 16.5. The molecule has 0 aliphatic rings.